The standard InChI is InChI=1S/C8H11NO/c1-5-4-8(7(3)10)6(2)9-5/h4,9H,1-3H3. The van der Waals surface area contributed by atoms with Crippen molar-refractivity contribution in [3.63, 3.8) is 0 Å². The molecule has 2 heteroatoms. The SMILES string of the molecule is CC(=O)c1cc(C)[nH]c1C. The number of carbonyl (C=O) groups excluding carboxylic acids is 1. The van der Waals surface area contributed by atoms with Crippen molar-refractivity contribution in [1.29, 1.82) is 0 Å². The molecule has 0 spiro atoms. The number of H-pyrrole nitrogens is 1. The van der Waals surface area contributed by atoms with Crippen molar-refractivity contribution < 1.29 is 4.79 Å². The van der Waals surface area contributed by atoms with Crippen molar-refractivity contribution in [3.05, 3.63) is 23.0 Å². The summed E-state index contributed by atoms with van der Waals surface area (Å²) >= 11 is 0. The summed E-state index contributed by atoms with van der Waals surface area (Å²) in [4.78, 5) is 13.9. The summed E-state index contributed by atoms with van der Waals surface area (Å²) in [6, 6.07) is 1.87. The van der Waals surface area contributed by atoms with Gasteiger partial charge in [-0.05, 0) is 26.8 Å². The highest BCUT2D eigenvalue weighted by Crippen LogP contribution is 2.08. The minimum Gasteiger partial charge on any atom is -0.362 e. The van der Waals surface area contributed by atoms with Gasteiger partial charge in [0.2, 0.25) is 0 Å². The van der Waals surface area contributed by atoms with Crippen molar-refractivity contribution in [2.75, 3.05) is 0 Å². The highest BCUT2D eigenvalue weighted by atomic mass is 16.1. The molecular formula is C8H11NO. The van der Waals surface area contributed by atoms with E-state index in [0.29, 0.717) is 0 Å². The van der Waals surface area contributed by atoms with E-state index in [0.717, 1.165) is 17.0 Å². The minimum absolute atomic E-state index is 0.127. The minimum atomic E-state index is 0.127. The van der Waals surface area contributed by atoms with Gasteiger partial charge >= 0.3 is 0 Å². The maximum atomic E-state index is 10.9. The lowest BCUT2D eigenvalue weighted by Gasteiger charge is -1.88. The molecule has 0 amide bonds. The Morgan fingerprint density at radius 1 is 1.50 bits per heavy atom. The first-order chi connectivity index (χ1) is 4.61. The predicted octanol–water partition coefficient (Wildman–Crippen LogP) is 1.83. The first kappa shape index (κ1) is 7.06. The monoisotopic (exact) mass is 137 g/mol. The van der Waals surface area contributed by atoms with Gasteiger partial charge in [-0.15, -0.1) is 0 Å². The molecule has 0 saturated carbocycles. The summed E-state index contributed by atoms with van der Waals surface area (Å²) in [5, 5.41) is 0. The summed E-state index contributed by atoms with van der Waals surface area (Å²) < 4.78 is 0. The van der Waals surface area contributed by atoms with Crippen LogP contribution in [0.1, 0.15) is 28.7 Å². The average Bonchev–Trinajstić information content (AvgIpc) is 2.10. The number of Topliss-reactive ketones (excluding diaryl/α,β-unsaturated/α-hetero) is 1. The predicted molar refractivity (Wildman–Crippen MR) is 40.3 cm³/mol. The summed E-state index contributed by atoms with van der Waals surface area (Å²) in [6.07, 6.45) is 0. The van der Waals surface area contributed by atoms with Gasteiger partial charge in [0, 0.05) is 17.0 Å². The van der Waals surface area contributed by atoms with Crippen molar-refractivity contribution >= 4 is 5.78 Å². The van der Waals surface area contributed by atoms with E-state index in [9.17, 15) is 4.79 Å². The number of aryl methyl sites for hydroxylation is 2. The maximum absolute atomic E-state index is 10.9. The van der Waals surface area contributed by atoms with Gasteiger partial charge in [0.05, 0.1) is 0 Å². The zero-order valence-corrected chi connectivity index (χ0v) is 6.49. The molecule has 1 aromatic rings. The van der Waals surface area contributed by atoms with Crippen LogP contribution in [-0.2, 0) is 0 Å². The average molecular weight is 137 g/mol. The Hall–Kier alpha value is -1.05. The third-order valence-electron chi connectivity index (χ3n) is 1.53. The van der Waals surface area contributed by atoms with Gasteiger partial charge in [0.15, 0.2) is 5.78 Å². The van der Waals surface area contributed by atoms with Crippen molar-refractivity contribution in [1.82, 2.24) is 4.98 Å². The molecule has 0 unspecified atom stereocenters. The molecule has 0 aromatic carbocycles. The smallest absolute Gasteiger partial charge is 0.161 e. The molecule has 2 nitrogen and oxygen atoms in total. The largest absolute Gasteiger partial charge is 0.362 e. The van der Waals surface area contributed by atoms with Crippen LogP contribution < -0.4 is 0 Å². The molecule has 1 heterocycles. The van der Waals surface area contributed by atoms with Crippen LogP contribution in [0.25, 0.3) is 0 Å². The number of rotatable bonds is 1. The number of nitrogens with one attached hydrogen (secondary N) is 1. The Morgan fingerprint density at radius 2 is 2.10 bits per heavy atom. The molecule has 0 radical (unpaired) electrons. The summed E-state index contributed by atoms with van der Waals surface area (Å²) in [5.74, 6) is 0.127. The van der Waals surface area contributed by atoms with Gasteiger partial charge < -0.3 is 4.98 Å². The molecule has 54 valence electrons. The van der Waals surface area contributed by atoms with Crippen LogP contribution in [0.5, 0.6) is 0 Å². The zero-order chi connectivity index (χ0) is 7.72. The lowest BCUT2D eigenvalue weighted by Crippen LogP contribution is -1.90. The van der Waals surface area contributed by atoms with Crippen LogP contribution >= 0.6 is 0 Å². The van der Waals surface area contributed by atoms with Crippen LogP contribution in [0.3, 0.4) is 0 Å². The van der Waals surface area contributed by atoms with Gasteiger partial charge in [0.25, 0.3) is 0 Å². The number of ketones is 1. The molecule has 1 aromatic heterocycles. The molecule has 0 atom stereocenters. The second kappa shape index (κ2) is 2.29. The number of aromatic nitrogens is 1. The molecular weight excluding hydrogens is 126 g/mol. The number of carbonyl (C=O) groups is 1. The van der Waals surface area contributed by atoms with Gasteiger partial charge in [-0.2, -0.15) is 0 Å². The first-order valence-electron chi connectivity index (χ1n) is 3.28. The Bertz CT molecular complexity index is 260. The molecule has 1 rings (SSSR count). The molecule has 0 aliphatic heterocycles. The third-order valence-corrected chi connectivity index (χ3v) is 1.53. The Labute approximate surface area is 60.3 Å². The molecule has 10 heavy (non-hydrogen) atoms. The van der Waals surface area contributed by atoms with Crippen molar-refractivity contribution in [2.45, 2.75) is 20.8 Å². The van der Waals surface area contributed by atoms with Gasteiger partial charge in [0.1, 0.15) is 0 Å². The van der Waals surface area contributed by atoms with E-state index in [-0.39, 0.29) is 5.78 Å². The number of hydrogen-bond acceptors (Lipinski definition) is 1. The van der Waals surface area contributed by atoms with E-state index >= 15 is 0 Å². The highest BCUT2D eigenvalue weighted by molar-refractivity contribution is 5.95. The third kappa shape index (κ3) is 1.10. The number of hydrogen-bond donors (Lipinski definition) is 1. The zero-order valence-electron chi connectivity index (χ0n) is 6.49. The number of aromatic amines is 1. The molecule has 1 N–H and O–H groups in total. The molecule has 0 aliphatic carbocycles. The molecule has 0 aliphatic rings. The van der Waals surface area contributed by atoms with E-state index in [2.05, 4.69) is 4.98 Å². The quantitative estimate of drug-likeness (QED) is 0.588. The Balaban J connectivity index is 3.15. The van der Waals surface area contributed by atoms with Crippen LogP contribution in [-0.4, -0.2) is 10.8 Å². The second-order valence-corrected chi connectivity index (χ2v) is 2.55. The summed E-state index contributed by atoms with van der Waals surface area (Å²) in [6.45, 7) is 5.43. The topological polar surface area (TPSA) is 32.9 Å². The fourth-order valence-corrected chi connectivity index (χ4v) is 1.09. The lowest BCUT2D eigenvalue weighted by molar-refractivity contribution is 0.101. The molecule has 0 saturated heterocycles. The van der Waals surface area contributed by atoms with E-state index in [1.807, 2.05) is 19.9 Å². The normalized spacial score (nSPS) is 9.90. The summed E-state index contributed by atoms with van der Waals surface area (Å²) in [5.41, 5.74) is 2.81. The molecule has 0 fully saturated rings. The van der Waals surface area contributed by atoms with Gasteiger partial charge in [-0.3, -0.25) is 4.79 Å². The lowest BCUT2D eigenvalue weighted by atomic mass is 10.2. The Morgan fingerprint density at radius 3 is 2.30 bits per heavy atom. The van der Waals surface area contributed by atoms with Crippen molar-refractivity contribution in [2.24, 2.45) is 0 Å². The van der Waals surface area contributed by atoms with Crippen molar-refractivity contribution in [3.8, 4) is 0 Å². The second-order valence-electron chi connectivity index (χ2n) is 2.55. The summed E-state index contributed by atoms with van der Waals surface area (Å²) in [7, 11) is 0. The first-order valence-corrected chi connectivity index (χ1v) is 3.28. The van der Waals surface area contributed by atoms with Crippen LogP contribution in [0.2, 0.25) is 0 Å². The maximum Gasteiger partial charge on any atom is 0.161 e. The van der Waals surface area contributed by atoms with Crippen LogP contribution in [0, 0.1) is 13.8 Å². The van der Waals surface area contributed by atoms with E-state index in [1.165, 1.54) is 0 Å². The fourth-order valence-electron chi connectivity index (χ4n) is 1.09. The fraction of sp³-hybridized carbons (Fsp3) is 0.375. The van der Waals surface area contributed by atoms with E-state index in [1.54, 1.807) is 6.92 Å². The molecule has 0 bridgehead atoms. The highest BCUT2D eigenvalue weighted by Gasteiger charge is 2.04. The van der Waals surface area contributed by atoms with E-state index in [4.69, 9.17) is 0 Å². The Kier molecular flexibility index (Phi) is 1.62. The van der Waals surface area contributed by atoms with Gasteiger partial charge in [-0.1, -0.05) is 0 Å². The van der Waals surface area contributed by atoms with Crippen LogP contribution in [0.15, 0.2) is 6.07 Å². The van der Waals surface area contributed by atoms with E-state index < -0.39 is 0 Å². The van der Waals surface area contributed by atoms with Crippen LogP contribution in [0.4, 0.5) is 0 Å². The van der Waals surface area contributed by atoms with Gasteiger partial charge in [-0.25, -0.2) is 0 Å².